The molecule has 7 nitrogen and oxygen atoms in total. The first-order valence-corrected chi connectivity index (χ1v) is 10.6. The van der Waals surface area contributed by atoms with Crippen LogP contribution in [0.1, 0.15) is 12.0 Å². The van der Waals surface area contributed by atoms with E-state index in [0.717, 1.165) is 28.8 Å². The lowest BCUT2D eigenvalue weighted by Gasteiger charge is -2.12. The summed E-state index contributed by atoms with van der Waals surface area (Å²) in [6, 6.07) is 9.47. The number of benzene rings is 1. The summed E-state index contributed by atoms with van der Waals surface area (Å²) >= 11 is 0. The smallest absolute Gasteiger partial charge is 0.172 e. The van der Waals surface area contributed by atoms with Gasteiger partial charge in [-0.15, -0.1) is 0 Å². The Kier molecular flexibility index (Phi) is 7.13. The van der Waals surface area contributed by atoms with Crippen LogP contribution < -0.4 is 4.74 Å². The molecule has 0 aliphatic rings. The zero-order chi connectivity index (χ0) is 19.9. The second-order valence-corrected chi connectivity index (χ2v) is 7.44. The average Bonchev–Trinajstić information content (AvgIpc) is 3.08. The van der Waals surface area contributed by atoms with Crippen molar-refractivity contribution in [1.82, 2.24) is 13.9 Å². The summed E-state index contributed by atoms with van der Waals surface area (Å²) in [7, 11) is 0.388. The molecule has 8 heteroatoms. The van der Waals surface area contributed by atoms with Crippen LogP contribution in [0.15, 0.2) is 36.5 Å². The summed E-state index contributed by atoms with van der Waals surface area (Å²) in [5, 5.41) is 0. The number of methoxy groups -OCH3 is 1. The minimum atomic E-state index is -1.26. The van der Waals surface area contributed by atoms with Gasteiger partial charge in [0.2, 0.25) is 0 Å². The molecule has 0 amide bonds. The Morgan fingerprint density at radius 1 is 1.11 bits per heavy atom. The maximum Gasteiger partial charge on any atom is 0.172 e. The lowest BCUT2D eigenvalue weighted by atomic mass is 10.2. The second-order valence-electron chi connectivity index (χ2n) is 6.23. The molecule has 1 aromatic carbocycles. The van der Waals surface area contributed by atoms with E-state index in [4.69, 9.17) is 14.2 Å². The molecule has 0 radical (unpaired) electrons. The number of nitrogens with zero attached hydrogens (tertiary/aromatic N) is 3. The zero-order valence-corrected chi connectivity index (χ0v) is 17.2. The Morgan fingerprint density at radius 3 is 2.71 bits per heavy atom. The van der Waals surface area contributed by atoms with Crippen LogP contribution in [0.25, 0.3) is 22.6 Å². The van der Waals surface area contributed by atoms with Crippen LogP contribution in [0.3, 0.4) is 0 Å². The van der Waals surface area contributed by atoms with Gasteiger partial charge in [0.05, 0.1) is 30.9 Å². The van der Waals surface area contributed by atoms with E-state index in [1.807, 2.05) is 37.3 Å². The number of hydrogen-bond donors (Lipinski definition) is 0. The summed E-state index contributed by atoms with van der Waals surface area (Å²) in [5.74, 6) is 1.32. The summed E-state index contributed by atoms with van der Waals surface area (Å²) < 4.78 is 30.4. The topological polar surface area (TPSA) is 75.5 Å². The Hall–Kier alpha value is -2.29. The summed E-state index contributed by atoms with van der Waals surface area (Å²) in [6.07, 6.45) is 4.10. The molecule has 150 valence electrons. The number of ether oxygens (including phenoxy) is 3. The number of imidazole rings is 1. The van der Waals surface area contributed by atoms with E-state index in [1.165, 1.54) is 0 Å². The first-order valence-electron chi connectivity index (χ1n) is 9.10. The minimum Gasteiger partial charge on any atom is -0.493 e. The highest BCUT2D eigenvalue weighted by atomic mass is 32.2. The Balaban J connectivity index is 1.79. The quantitative estimate of drug-likeness (QED) is 0.485. The molecule has 2 heterocycles. The first kappa shape index (κ1) is 20.4. The minimum absolute atomic E-state index is 0.535. The maximum absolute atomic E-state index is 12.4. The van der Waals surface area contributed by atoms with Crippen molar-refractivity contribution in [2.24, 2.45) is 0 Å². The van der Waals surface area contributed by atoms with Gasteiger partial charge in [-0.3, -0.25) is 4.98 Å². The van der Waals surface area contributed by atoms with Crippen LogP contribution in [0.2, 0.25) is 0 Å². The standard InChI is InChI=1S/C20H25N3O4S/c1-15-18(27-12-6-11-26-14-13-25-2)9-10-21-19(15)20-22-16-7-4-5-8-17(16)23(20)28(3)24/h4-5,7-10H,6,11-14H2,1-3H3. The fourth-order valence-corrected chi connectivity index (χ4v) is 3.70. The summed E-state index contributed by atoms with van der Waals surface area (Å²) in [4.78, 5) is 9.15. The number of aromatic nitrogens is 3. The molecule has 28 heavy (non-hydrogen) atoms. The van der Waals surface area contributed by atoms with Gasteiger partial charge >= 0.3 is 0 Å². The van der Waals surface area contributed by atoms with Crippen molar-refractivity contribution >= 4 is 22.0 Å². The molecule has 0 aliphatic carbocycles. The van der Waals surface area contributed by atoms with Crippen LogP contribution in [-0.4, -0.2) is 57.9 Å². The fourth-order valence-electron chi connectivity index (χ4n) is 2.90. The third-order valence-corrected chi connectivity index (χ3v) is 5.15. The average molecular weight is 404 g/mol. The lowest BCUT2D eigenvalue weighted by molar-refractivity contribution is 0.0644. The second kappa shape index (κ2) is 9.77. The predicted molar refractivity (Wildman–Crippen MR) is 110 cm³/mol. The molecule has 0 N–H and O–H groups in total. The molecule has 0 spiro atoms. The van der Waals surface area contributed by atoms with E-state index in [0.29, 0.717) is 37.9 Å². The Labute approximate surface area is 167 Å². The molecule has 1 unspecified atom stereocenters. The number of pyridine rings is 1. The molecular formula is C20H25N3O4S. The van der Waals surface area contributed by atoms with E-state index in [-0.39, 0.29) is 0 Å². The normalized spacial score (nSPS) is 12.4. The van der Waals surface area contributed by atoms with Gasteiger partial charge in [-0.1, -0.05) is 12.1 Å². The summed E-state index contributed by atoms with van der Waals surface area (Å²) in [5.41, 5.74) is 3.14. The van der Waals surface area contributed by atoms with E-state index < -0.39 is 11.0 Å². The van der Waals surface area contributed by atoms with Crippen molar-refractivity contribution in [2.45, 2.75) is 13.3 Å². The van der Waals surface area contributed by atoms with Crippen molar-refractivity contribution in [1.29, 1.82) is 0 Å². The number of fused-ring (bicyclic) bond motifs is 1. The predicted octanol–water partition coefficient (Wildman–Crippen LogP) is 2.98. The molecule has 3 aromatic rings. The molecule has 0 saturated heterocycles. The Bertz CT molecular complexity index is 958. The molecule has 3 rings (SSSR count). The monoisotopic (exact) mass is 403 g/mol. The van der Waals surface area contributed by atoms with Crippen molar-refractivity contribution in [3.8, 4) is 17.3 Å². The van der Waals surface area contributed by atoms with Gasteiger partial charge in [0, 0.05) is 38.2 Å². The number of hydrogen-bond acceptors (Lipinski definition) is 6. The fraction of sp³-hybridized carbons (Fsp3) is 0.400. The third-order valence-electron chi connectivity index (χ3n) is 4.26. The number of rotatable bonds is 10. The van der Waals surface area contributed by atoms with Crippen molar-refractivity contribution in [3.05, 3.63) is 42.1 Å². The molecule has 0 bridgehead atoms. The SMILES string of the molecule is COCCOCCCOc1ccnc(-c2nc3ccccc3n2S(C)=O)c1C. The van der Waals surface area contributed by atoms with E-state index in [1.54, 1.807) is 23.5 Å². The summed E-state index contributed by atoms with van der Waals surface area (Å²) in [6.45, 7) is 4.26. The molecule has 0 fully saturated rings. The van der Waals surface area contributed by atoms with Crippen molar-refractivity contribution in [3.63, 3.8) is 0 Å². The zero-order valence-electron chi connectivity index (χ0n) is 16.4. The highest BCUT2D eigenvalue weighted by Crippen LogP contribution is 2.30. The molecular weight excluding hydrogens is 378 g/mol. The van der Waals surface area contributed by atoms with E-state index in [9.17, 15) is 4.21 Å². The molecule has 1 atom stereocenters. The van der Waals surface area contributed by atoms with Gasteiger partial charge in [0.25, 0.3) is 0 Å². The third kappa shape index (κ3) is 4.57. The van der Waals surface area contributed by atoms with Gasteiger partial charge in [-0.05, 0) is 25.1 Å². The van der Waals surface area contributed by atoms with Crippen LogP contribution in [-0.2, 0) is 20.5 Å². The van der Waals surface area contributed by atoms with Crippen LogP contribution in [0.4, 0.5) is 0 Å². The largest absolute Gasteiger partial charge is 0.493 e. The van der Waals surface area contributed by atoms with Crippen molar-refractivity contribution < 1.29 is 18.4 Å². The van der Waals surface area contributed by atoms with Crippen LogP contribution in [0.5, 0.6) is 5.75 Å². The number of para-hydroxylation sites is 2. The highest BCUT2D eigenvalue weighted by molar-refractivity contribution is 7.83. The van der Waals surface area contributed by atoms with Gasteiger partial charge in [-0.25, -0.2) is 13.2 Å². The lowest BCUT2D eigenvalue weighted by Crippen LogP contribution is -2.08. The van der Waals surface area contributed by atoms with E-state index in [2.05, 4.69) is 9.97 Å². The molecule has 0 aliphatic heterocycles. The van der Waals surface area contributed by atoms with E-state index >= 15 is 0 Å². The van der Waals surface area contributed by atoms with Crippen LogP contribution >= 0.6 is 0 Å². The highest BCUT2D eigenvalue weighted by Gasteiger charge is 2.19. The van der Waals surface area contributed by atoms with Gasteiger partial charge in [0.1, 0.15) is 22.4 Å². The first-order chi connectivity index (χ1) is 13.6. The van der Waals surface area contributed by atoms with Gasteiger partial charge in [0.15, 0.2) is 5.82 Å². The molecule has 0 saturated carbocycles. The van der Waals surface area contributed by atoms with Gasteiger partial charge < -0.3 is 14.2 Å². The van der Waals surface area contributed by atoms with Gasteiger partial charge in [-0.2, -0.15) is 0 Å². The maximum atomic E-state index is 12.4. The Morgan fingerprint density at radius 2 is 1.93 bits per heavy atom. The molecule has 2 aromatic heterocycles. The van der Waals surface area contributed by atoms with Crippen molar-refractivity contribution in [2.75, 3.05) is 39.8 Å². The van der Waals surface area contributed by atoms with Crippen LogP contribution in [0, 0.1) is 6.92 Å².